The van der Waals surface area contributed by atoms with Gasteiger partial charge in [0.2, 0.25) is 0 Å². The zero-order valence-electron chi connectivity index (χ0n) is 10.4. The predicted molar refractivity (Wildman–Crippen MR) is 68.6 cm³/mol. The number of hydrogen-bond donors (Lipinski definition) is 0. The van der Waals surface area contributed by atoms with Crippen LogP contribution in [0, 0.1) is 17.8 Å². The first-order valence-electron chi connectivity index (χ1n) is 6.89. The highest BCUT2D eigenvalue weighted by Gasteiger charge is 2.45. The predicted octanol–water partition coefficient (Wildman–Crippen LogP) is 4.40. The van der Waals surface area contributed by atoms with E-state index in [1.807, 2.05) is 0 Å². The maximum Gasteiger partial charge on any atom is -0.00967 e. The van der Waals surface area contributed by atoms with Crippen molar-refractivity contribution >= 4 is 0 Å². The van der Waals surface area contributed by atoms with Gasteiger partial charge in [-0.2, -0.15) is 0 Å². The summed E-state index contributed by atoms with van der Waals surface area (Å²) in [7, 11) is 0. The molecule has 16 heavy (non-hydrogen) atoms. The molecule has 0 heteroatoms. The van der Waals surface area contributed by atoms with Gasteiger partial charge in [0.05, 0.1) is 0 Å². The lowest BCUT2D eigenvalue weighted by Gasteiger charge is -2.19. The molecule has 2 aliphatic carbocycles. The molecular weight excluding hydrogens is 192 g/mol. The lowest BCUT2D eigenvalue weighted by molar-refractivity contribution is 0.395. The van der Waals surface area contributed by atoms with Gasteiger partial charge in [-0.3, -0.25) is 0 Å². The van der Waals surface area contributed by atoms with Gasteiger partial charge >= 0.3 is 0 Å². The van der Waals surface area contributed by atoms with Crippen LogP contribution in [0.15, 0.2) is 24.3 Å². The van der Waals surface area contributed by atoms with E-state index in [1.165, 1.54) is 25.7 Å². The monoisotopic (exact) mass is 214 g/mol. The van der Waals surface area contributed by atoms with Gasteiger partial charge in [-0.05, 0) is 47.6 Å². The summed E-state index contributed by atoms with van der Waals surface area (Å²) in [5.74, 6) is 3.75. The highest BCUT2D eigenvalue weighted by atomic mass is 14.5. The number of fused-ring (bicyclic) bond motifs is 3. The summed E-state index contributed by atoms with van der Waals surface area (Å²) in [5, 5.41) is 0. The third-order valence-corrected chi connectivity index (χ3v) is 4.90. The Morgan fingerprint density at radius 3 is 2.88 bits per heavy atom. The molecule has 4 atom stereocenters. The van der Waals surface area contributed by atoms with Crippen LogP contribution in [-0.4, -0.2) is 0 Å². The molecule has 0 amide bonds. The van der Waals surface area contributed by atoms with Crippen molar-refractivity contribution in [2.75, 3.05) is 0 Å². The number of hydrogen-bond acceptors (Lipinski definition) is 0. The Morgan fingerprint density at radius 2 is 2.06 bits per heavy atom. The van der Waals surface area contributed by atoms with Crippen molar-refractivity contribution in [3.05, 3.63) is 35.4 Å². The van der Waals surface area contributed by atoms with Crippen LogP contribution in [0.2, 0.25) is 0 Å². The Bertz CT molecular complexity index is 379. The fraction of sp³-hybridized carbons (Fsp3) is 0.625. The first-order valence-corrected chi connectivity index (χ1v) is 6.89. The SMILES string of the molecule is CCCC1CC(C)C2Cc3ccccc3C12. The van der Waals surface area contributed by atoms with Crippen LogP contribution in [0.25, 0.3) is 0 Å². The van der Waals surface area contributed by atoms with Crippen LogP contribution in [-0.2, 0) is 6.42 Å². The fourth-order valence-electron chi connectivity index (χ4n) is 4.28. The summed E-state index contributed by atoms with van der Waals surface area (Å²) in [6.07, 6.45) is 5.60. The molecule has 0 N–H and O–H groups in total. The van der Waals surface area contributed by atoms with E-state index < -0.39 is 0 Å². The van der Waals surface area contributed by atoms with Gasteiger partial charge in [0.15, 0.2) is 0 Å². The second-order valence-electron chi connectivity index (χ2n) is 5.85. The largest absolute Gasteiger partial charge is 0.0654 e. The van der Waals surface area contributed by atoms with Gasteiger partial charge in [-0.25, -0.2) is 0 Å². The first kappa shape index (κ1) is 10.4. The van der Waals surface area contributed by atoms with Crippen LogP contribution in [0.5, 0.6) is 0 Å². The molecule has 0 spiro atoms. The Morgan fingerprint density at radius 1 is 1.25 bits per heavy atom. The van der Waals surface area contributed by atoms with Crippen molar-refractivity contribution in [3.8, 4) is 0 Å². The Kier molecular flexibility index (Phi) is 2.53. The Hall–Kier alpha value is -0.780. The third kappa shape index (κ3) is 1.43. The molecule has 2 aliphatic rings. The molecule has 1 saturated carbocycles. The smallest absolute Gasteiger partial charge is 0.00967 e. The average molecular weight is 214 g/mol. The van der Waals surface area contributed by atoms with Crippen molar-refractivity contribution in [3.63, 3.8) is 0 Å². The van der Waals surface area contributed by atoms with Crippen LogP contribution >= 0.6 is 0 Å². The van der Waals surface area contributed by atoms with E-state index in [9.17, 15) is 0 Å². The number of benzene rings is 1. The summed E-state index contributed by atoms with van der Waals surface area (Å²) in [5.41, 5.74) is 3.33. The van der Waals surface area contributed by atoms with E-state index >= 15 is 0 Å². The molecule has 1 fully saturated rings. The average Bonchev–Trinajstić information content (AvgIpc) is 2.79. The van der Waals surface area contributed by atoms with Gasteiger partial charge in [0.25, 0.3) is 0 Å². The molecule has 1 aromatic carbocycles. The molecule has 1 aromatic rings. The lowest BCUT2D eigenvalue weighted by Crippen LogP contribution is -2.09. The second-order valence-corrected chi connectivity index (χ2v) is 5.85. The van der Waals surface area contributed by atoms with E-state index in [1.54, 1.807) is 11.1 Å². The topological polar surface area (TPSA) is 0 Å². The highest BCUT2D eigenvalue weighted by Crippen LogP contribution is 2.55. The minimum Gasteiger partial charge on any atom is -0.0654 e. The van der Waals surface area contributed by atoms with E-state index in [2.05, 4.69) is 38.1 Å². The summed E-state index contributed by atoms with van der Waals surface area (Å²) >= 11 is 0. The molecule has 0 aliphatic heterocycles. The maximum absolute atomic E-state index is 2.47. The van der Waals surface area contributed by atoms with Gasteiger partial charge in [-0.1, -0.05) is 51.0 Å². The quantitative estimate of drug-likeness (QED) is 0.684. The van der Waals surface area contributed by atoms with Crippen LogP contribution in [0.4, 0.5) is 0 Å². The van der Waals surface area contributed by atoms with Crippen molar-refractivity contribution in [2.45, 2.75) is 45.4 Å². The summed E-state index contributed by atoms with van der Waals surface area (Å²) < 4.78 is 0. The fourth-order valence-corrected chi connectivity index (χ4v) is 4.28. The molecule has 0 heterocycles. The van der Waals surface area contributed by atoms with E-state index in [-0.39, 0.29) is 0 Å². The number of rotatable bonds is 2. The Labute approximate surface area is 99.1 Å². The summed E-state index contributed by atoms with van der Waals surface area (Å²) in [4.78, 5) is 0. The Balaban J connectivity index is 1.95. The molecule has 0 nitrogen and oxygen atoms in total. The molecular formula is C16H22. The molecule has 4 unspecified atom stereocenters. The van der Waals surface area contributed by atoms with E-state index in [0.29, 0.717) is 0 Å². The van der Waals surface area contributed by atoms with Crippen molar-refractivity contribution < 1.29 is 0 Å². The third-order valence-electron chi connectivity index (χ3n) is 4.90. The molecule has 86 valence electrons. The van der Waals surface area contributed by atoms with Crippen molar-refractivity contribution in [1.29, 1.82) is 0 Å². The van der Waals surface area contributed by atoms with Gasteiger partial charge < -0.3 is 0 Å². The van der Waals surface area contributed by atoms with Gasteiger partial charge in [-0.15, -0.1) is 0 Å². The summed E-state index contributed by atoms with van der Waals surface area (Å²) in [6, 6.07) is 9.18. The van der Waals surface area contributed by atoms with Crippen molar-refractivity contribution in [1.82, 2.24) is 0 Å². The normalized spacial score (nSPS) is 36.1. The standard InChI is InChI=1S/C16H22/c1-3-6-13-9-11(2)15-10-12-7-4-5-8-14(12)16(13)15/h4-5,7-8,11,13,15-16H,3,6,9-10H2,1-2H3. The van der Waals surface area contributed by atoms with Gasteiger partial charge in [0.1, 0.15) is 0 Å². The minimum absolute atomic E-state index is 0.895. The summed E-state index contributed by atoms with van der Waals surface area (Å²) in [6.45, 7) is 4.80. The van der Waals surface area contributed by atoms with Crippen molar-refractivity contribution in [2.24, 2.45) is 17.8 Å². The van der Waals surface area contributed by atoms with Crippen LogP contribution in [0.1, 0.15) is 50.2 Å². The molecule has 3 rings (SSSR count). The zero-order chi connectivity index (χ0) is 11.1. The van der Waals surface area contributed by atoms with Gasteiger partial charge in [0, 0.05) is 0 Å². The zero-order valence-corrected chi connectivity index (χ0v) is 10.4. The first-order chi connectivity index (χ1) is 7.81. The van der Waals surface area contributed by atoms with E-state index in [0.717, 1.165) is 23.7 Å². The van der Waals surface area contributed by atoms with Crippen LogP contribution < -0.4 is 0 Å². The molecule has 0 radical (unpaired) electrons. The minimum atomic E-state index is 0.895. The molecule has 0 aromatic heterocycles. The second kappa shape index (κ2) is 3.91. The molecule has 0 bridgehead atoms. The maximum atomic E-state index is 2.47. The lowest BCUT2D eigenvalue weighted by atomic mass is 9.85. The van der Waals surface area contributed by atoms with E-state index in [4.69, 9.17) is 0 Å². The molecule has 0 saturated heterocycles. The highest BCUT2D eigenvalue weighted by molar-refractivity contribution is 5.38. The van der Waals surface area contributed by atoms with Crippen LogP contribution in [0.3, 0.4) is 0 Å².